The normalized spacial score (nSPS) is 27.2. The van der Waals surface area contributed by atoms with Gasteiger partial charge in [0.15, 0.2) is 6.61 Å². The van der Waals surface area contributed by atoms with Crippen molar-refractivity contribution < 1.29 is 17.9 Å². The first-order valence-electron chi connectivity index (χ1n) is 12.7. The van der Waals surface area contributed by atoms with E-state index >= 15 is 0 Å². The molecule has 2 fully saturated rings. The maximum Gasteiger partial charge on any atom is 0.422 e. The second kappa shape index (κ2) is 12.3. The van der Waals surface area contributed by atoms with Gasteiger partial charge in [0, 0.05) is 8.80 Å². The van der Waals surface area contributed by atoms with Gasteiger partial charge in [-0.3, -0.25) is 0 Å². The molecule has 0 radical (unpaired) electrons. The van der Waals surface area contributed by atoms with Crippen LogP contribution in [0, 0.1) is 17.8 Å². The molecular weight excluding hydrogens is 413 g/mol. The molecule has 0 N–H and O–H groups in total. The standard InChI is InChI=1S/C26H41F3OSi/c1-2-3-4-17-31-18-15-24(16-19-31)23-11-7-21(8-12-23)5-6-22-9-13-25(14-10-22)30-20-26(27,28)29/h9-10,13-14,21,23-24,31H,2-8,11-12,15-20H2,1H3/t21-,23-,24-,31-. The van der Waals surface area contributed by atoms with Gasteiger partial charge in [0.25, 0.3) is 0 Å². The molecule has 0 bridgehead atoms. The van der Waals surface area contributed by atoms with Crippen LogP contribution in [0.2, 0.25) is 18.1 Å². The zero-order chi connectivity index (χ0) is 22.1. The Hall–Kier alpha value is -0.973. The summed E-state index contributed by atoms with van der Waals surface area (Å²) in [4.78, 5) is 0. The number of ether oxygens (including phenoxy) is 1. The highest BCUT2D eigenvalue weighted by Gasteiger charge is 2.31. The molecular formula is C26H41F3OSi. The van der Waals surface area contributed by atoms with Crippen LogP contribution in [0.5, 0.6) is 5.75 Å². The fraction of sp³-hybridized carbons (Fsp3) is 0.769. The Labute approximate surface area is 188 Å². The van der Waals surface area contributed by atoms with E-state index in [1.165, 1.54) is 69.8 Å². The van der Waals surface area contributed by atoms with Crippen LogP contribution in [-0.2, 0) is 6.42 Å². The van der Waals surface area contributed by atoms with Crippen molar-refractivity contribution in [3.63, 3.8) is 0 Å². The second-order valence-electron chi connectivity index (χ2n) is 10.1. The predicted octanol–water partition coefficient (Wildman–Crippen LogP) is 8.19. The maximum absolute atomic E-state index is 12.2. The number of aryl methyl sites for hydroxylation is 1. The van der Waals surface area contributed by atoms with Crippen molar-refractivity contribution in [1.82, 2.24) is 0 Å². The molecule has 31 heavy (non-hydrogen) atoms. The van der Waals surface area contributed by atoms with E-state index in [1.54, 1.807) is 30.3 Å². The van der Waals surface area contributed by atoms with Gasteiger partial charge in [-0.05, 0) is 61.1 Å². The molecule has 1 aromatic rings. The molecule has 2 aliphatic rings. The molecule has 1 saturated carbocycles. The zero-order valence-electron chi connectivity index (χ0n) is 19.3. The zero-order valence-corrected chi connectivity index (χ0v) is 20.4. The molecule has 0 atom stereocenters. The summed E-state index contributed by atoms with van der Waals surface area (Å²) in [5, 5.41) is 0. The van der Waals surface area contributed by atoms with Crippen molar-refractivity contribution in [2.45, 2.75) is 102 Å². The molecule has 176 valence electrons. The third-order valence-electron chi connectivity index (χ3n) is 7.83. The highest BCUT2D eigenvalue weighted by atomic mass is 28.3. The lowest BCUT2D eigenvalue weighted by molar-refractivity contribution is -0.153. The van der Waals surface area contributed by atoms with E-state index < -0.39 is 21.6 Å². The van der Waals surface area contributed by atoms with Gasteiger partial charge in [0.05, 0.1) is 0 Å². The van der Waals surface area contributed by atoms with Crippen molar-refractivity contribution in [3.05, 3.63) is 29.8 Å². The summed E-state index contributed by atoms with van der Waals surface area (Å²) >= 11 is 0. The van der Waals surface area contributed by atoms with Crippen LogP contribution in [0.1, 0.15) is 76.7 Å². The Morgan fingerprint density at radius 2 is 1.55 bits per heavy atom. The lowest BCUT2D eigenvalue weighted by Crippen LogP contribution is -2.28. The molecule has 1 aliphatic heterocycles. The summed E-state index contributed by atoms with van der Waals surface area (Å²) < 4.78 is 41.5. The molecule has 3 rings (SSSR count). The minimum atomic E-state index is -4.28. The maximum atomic E-state index is 12.2. The van der Waals surface area contributed by atoms with E-state index in [1.807, 2.05) is 12.1 Å². The number of rotatable bonds is 10. The van der Waals surface area contributed by atoms with Gasteiger partial charge >= 0.3 is 6.18 Å². The number of hydrogen-bond acceptors (Lipinski definition) is 1. The van der Waals surface area contributed by atoms with Gasteiger partial charge in [0.2, 0.25) is 0 Å². The first kappa shape index (κ1) is 24.7. The summed E-state index contributed by atoms with van der Waals surface area (Å²) in [6.45, 7) is 1.08. The van der Waals surface area contributed by atoms with E-state index in [2.05, 4.69) is 6.92 Å². The first-order valence-corrected chi connectivity index (χ1v) is 15.2. The smallest absolute Gasteiger partial charge is 0.422 e. The van der Waals surface area contributed by atoms with Crippen LogP contribution in [-0.4, -0.2) is 21.6 Å². The van der Waals surface area contributed by atoms with E-state index in [0.29, 0.717) is 5.75 Å². The third kappa shape index (κ3) is 8.82. The number of alkyl halides is 3. The summed E-state index contributed by atoms with van der Waals surface area (Å²) in [6, 6.07) is 12.0. The Bertz CT molecular complexity index is 615. The third-order valence-corrected chi connectivity index (χ3v) is 11.4. The Morgan fingerprint density at radius 1 is 0.903 bits per heavy atom. The van der Waals surface area contributed by atoms with Crippen molar-refractivity contribution in [2.24, 2.45) is 17.8 Å². The van der Waals surface area contributed by atoms with E-state index in [9.17, 15) is 13.2 Å². The molecule has 0 unspecified atom stereocenters. The Balaban J connectivity index is 1.31. The molecule has 1 aliphatic carbocycles. The van der Waals surface area contributed by atoms with E-state index in [4.69, 9.17) is 4.74 Å². The molecule has 0 amide bonds. The summed E-state index contributed by atoms with van der Waals surface area (Å²) in [5.41, 5.74) is 1.20. The Kier molecular flexibility index (Phi) is 9.80. The van der Waals surface area contributed by atoms with Crippen LogP contribution < -0.4 is 4.74 Å². The second-order valence-corrected chi connectivity index (χ2v) is 13.6. The summed E-state index contributed by atoms with van der Waals surface area (Å²) in [5.74, 6) is 3.11. The predicted molar refractivity (Wildman–Crippen MR) is 126 cm³/mol. The highest BCUT2D eigenvalue weighted by Crippen LogP contribution is 2.42. The molecule has 0 spiro atoms. The number of unbranched alkanes of at least 4 members (excludes halogenated alkanes) is 2. The van der Waals surface area contributed by atoms with Crippen molar-refractivity contribution >= 4 is 8.80 Å². The van der Waals surface area contributed by atoms with Gasteiger partial charge in [-0.2, -0.15) is 13.2 Å². The molecule has 1 nitrogen and oxygen atoms in total. The van der Waals surface area contributed by atoms with Crippen LogP contribution in [0.25, 0.3) is 0 Å². The van der Waals surface area contributed by atoms with Crippen molar-refractivity contribution in [1.29, 1.82) is 0 Å². The number of halogens is 3. The quantitative estimate of drug-likeness (QED) is 0.256. The van der Waals surface area contributed by atoms with Crippen molar-refractivity contribution in [2.75, 3.05) is 6.61 Å². The van der Waals surface area contributed by atoms with Crippen LogP contribution in [0.4, 0.5) is 13.2 Å². The van der Waals surface area contributed by atoms with Gasteiger partial charge < -0.3 is 4.74 Å². The SMILES string of the molecule is CCCCC[Si@H]1CC[C@H]([C@H]2CC[C@H](CCc3ccc(OCC(F)(F)F)cc3)CC2)CC1. The molecule has 0 aromatic heterocycles. The van der Waals surface area contributed by atoms with Crippen LogP contribution in [0.15, 0.2) is 24.3 Å². The van der Waals surface area contributed by atoms with Gasteiger partial charge in [0.1, 0.15) is 5.75 Å². The topological polar surface area (TPSA) is 9.23 Å². The van der Waals surface area contributed by atoms with Crippen molar-refractivity contribution in [3.8, 4) is 5.75 Å². The highest BCUT2D eigenvalue weighted by molar-refractivity contribution is 6.58. The van der Waals surface area contributed by atoms with Crippen LogP contribution >= 0.6 is 0 Å². The minimum absolute atomic E-state index is 0.296. The van der Waals surface area contributed by atoms with Crippen LogP contribution in [0.3, 0.4) is 0 Å². The van der Waals surface area contributed by atoms with Gasteiger partial charge in [-0.15, -0.1) is 0 Å². The lowest BCUT2D eigenvalue weighted by Gasteiger charge is -2.37. The molecule has 1 aromatic carbocycles. The number of benzene rings is 1. The van der Waals surface area contributed by atoms with Gasteiger partial charge in [-0.25, -0.2) is 0 Å². The molecule has 5 heteroatoms. The monoisotopic (exact) mass is 454 g/mol. The summed E-state index contributed by atoms with van der Waals surface area (Å²) in [6.07, 6.45) is 10.8. The van der Waals surface area contributed by atoms with E-state index in [-0.39, 0.29) is 0 Å². The molecule has 1 heterocycles. The summed E-state index contributed by atoms with van der Waals surface area (Å²) in [7, 11) is -0.391. The fourth-order valence-electron chi connectivity index (χ4n) is 5.87. The first-order chi connectivity index (χ1) is 14.9. The van der Waals surface area contributed by atoms with E-state index in [0.717, 1.165) is 24.2 Å². The Morgan fingerprint density at radius 3 is 2.16 bits per heavy atom. The average molecular weight is 455 g/mol. The molecule has 1 saturated heterocycles. The largest absolute Gasteiger partial charge is 0.484 e. The lowest BCUT2D eigenvalue weighted by atomic mass is 9.73. The van der Waals surface area contributed by atoms with Gasteiger partial charge in [-0.1, -0.05) is 82.1 Å². The fourth-order valence-corrected chi connectivity index (χ4v) is 9.40. The number of hydrogen-bond donors (Lipinski definition) is 0. The minimum Gasteiger partial charge on any atom is -0.484 e. The average Bonchev–Trinajstić information content (AvgIpc) is 2.77.